The number of aryl methyl sites for hydroxylation is 2. The molecule has 3 aromatic rings. The number of hydrogen-bond acceptors (Lipinski definition) is 3. The molecule has 0 radical (unpaired) electrons. The van der Waals surface area contributed by atoms with Crippen molar-refractivity contribution in [2.75, 3.05) is 13.7 Å². The van der Waals surface area contributed by atoms with E-state index in [-0.39, 0.29) is 30.8 Å². The minimum Gasteiger partial charge on any atom is -0.469 e. The van der Waals surface area contributed by atoms with Gasteiger partial charge in [0.1, 0.15) is 0 Å². The summed E-state index contributed by atoms with van der Waals surface area (Å²) in [6.45, 7) is 8.56. The highest BCUT2D eigenvalue weighted by Crippen LogP contribution is 2.35. The number of amides is 1. The Morgan fingerprint density at radius 1 is 0.923 bits per heavy atom. The Kier molecular flexibility index (Phi) is 9.95. The average molecular weight is 540 g/mol. The molecule has 0 aliphatic heterocycles. The van der Waals surface area contributed by atoms with E-state index in [9.17, 15) is 22.8 Å². The molecule has 3 rings (SSSR count). The van der Waals surface area contributed by atoms with Crippen LogP contribution in [0.1, 0.15) is 70.8 Å². The zero-order chi connectivity index (χ0) is 28.7. The Morgan fingerprint density at radius 2 is 1.51 bits per heavy atom. The summed E-state index contributed by atoms with van der Waals surface area (Å²) in [6, 6.07) is 17.2. The van der Waals surface area contributed by atoms with Gasteiger partial charge in [-0.25, -0.2) is 0 Å². The first-order valence-corrected chi connectivity index (χ1v) is 13.1. The van der Waals surface area contributed by atoms with Crippen LogP contribution in [0.15, 0.2) is 60.7 Å². The Hall–Kier alpha value is -3.61. The number of hydrogen-bond donors (Lipinski definition) is 1. The third kappa shape index (κ3) is 8.19. The van der Waals surface area contributed by atoms with Gasteiger partial charge in [-0.2, -0.15) is 13.2 Å². The van der Waals surface area contributed by atoms with E-state index in [0.29, 0.717) is 11.5 Å². The first-order chi connectivity index (χ1) is 18.4. The third-order valence-electron chi connectivity index (χ3n) is 6.82. The predicted octanol–water partition coefficient (Wildman–Crippen LogP) is 7.65. The van der Waals surface area contributed by atoms with Crippen molar-refractivity contribution in [1.29, 1.82) is 0 Å². The van der Waals surface area contributed by atoms with Crippen LogP contribution in [0.3, 0.4) is 0 Å². The number of alkyl halides is 3. The summed E-state index contributed by atoms with van der Waals surface area (Å²) < 4.78 is 43.6. The lowest BCUT2D eigenvalue weighted by molar-refractivity contribution is -0.140. The molecule has 1 unspecified atom stereocenters. The Morgan fingerprint density at radius 3 is 2.03 bits per heavy atom. The molecule has 1 amide bonds. The van der Waals surface area contributed by atoms with E-state index in [4.69, 9.17) is 0 Å². The van der Waals surface area contributed by atoms with Gasteiger partial charge in [0.2, 0.25) is 0 Å². The highest BCUT2D eigenvalue weighted by atomic mass is 19.4. The highest BCUT2D eigenvalue weighted by Gasteiger charge is 2.30. The molecule has 0 bridgehead atoms. The summed E-state index contributed by atoms with van der Waals surface area (Å²) in [6.07, 6.45) is -2.47. The second kappa shape index (κ2) is 13.0. The van der Waals surface area contributed by atoms with E-state index in [1.807, 2.05) is 26.0 Å². The summed E-state index contributed by atoms with van der Waals surface area (Å²) in [5.74, 6) is 0.0816. The molecule has 0 fully saturated rings. The van der Waals surface area contributed by atoms with Crippen molar-refractivity contribution in [1.82, 2.24) is 5.32 Å². The highest BCUT2D eigenvalue weighted by molar-refractivity contribution is 5.94. The monoisotopic (exact) mass is 539 g/mol. The van der Waals surface area contributed by atoms with Gasteiger partial charge in [-0.1, -0.05) is 50.2 Å². The van der Waals surface area contributed by atoms with Crippen LogP contribution in [0, 0.1) is 19.8 Å². The third-order valence-corrected chi connectivity index (χ3v) is 6.82. The molecular weight excluding hydrogens is 503 g/mol. The van der Waals surface area contributed by atoms with Crippen LogP contribution in [-0.4, -0.2) is 25.5 Å². The second-order valence-corrected chi connectivity index (χ2v) is 10.4. The SMILES string of the molecule is COC(=O)CCNC(=O)c1ccc(C(Cc2cc(C)c(-c3ccc(C(F)(F)F)cc3)c(C)c2)CC(C)C)cc1. The van der Waals surface area contributed by atoms with Crippen molar-refractivity contribution in [2.45, 2.75) is 59.1 Å². The van der Waals surface area contributed by atoms with Gasteiger partial charge in [-0.05, 0) is 96.2 Å². The molecular formula is C32H36F3NO3. The standard InChI is InChI=1S/C32H36F3NO3/c1-20(2)16-27(24-6-8-26(9-7-24)31(38)36-15-14-29(37)39-5)19-23-17-21(3)30(22(4)18-23)25-10-12-28(13-11-25)32(33,34)35/h6-13,17-18,20,27H,14-16,19H2,1-5H3,(H,36,38). The molecule has 0 saturated heterocycles. The van der Waals surface area contributed by atoms with Crippen LogP contribution < -0.4 is 5.32 Å². The van der Waals surface area contributed by atoms with E-state index in [0.717, 1.165) is 58.4 Å². The van der Waals surface area contributed by atoms with Gasteiger partial charge in [0.25, 0.3) is 5.91 Å². The maximum atomic E-state index is 13.0. The normalized spacial score (nSPS) is 12.3. The van der Waals surface area contributed by atoms with Crippen LogP contribution in [0.25, 0.3) is 11.1 Å². The molecule has 0 aliphatic rings. The van der Waals surface area contributed by atoms with Gasteiger partial charge in [-0.15, -0.1) is 0 Å². The lowest BCUT2D eigenvalue weighted by atomic mass is 9.83. The number of nitrogens with one attached hydrogen (secondary N) is 1. The van der Waals surface area contributed by atoms with Gasteiger partial charge < -0.3 is 10.1 Å². The molecule has 39 heavy (non-hydrogen) atoms. The summed E-state index contributed by atoms with van der Waals surface area (Å²) in [4.78, 5) is 23.7. The molecule has 0 spiro atoms. The number of esters is 1. The minimum absolute atomic E-state index is 0.118. The average Bonchev–Trinajstić information content (AvgIpc) is 2.87. The van der Waals surface area contributed by atoms with E-state index >= 15 is 0 Å². The van der Waals surface area contributed by atoms with Crippen LogP contribution in [-0.2, 0) is 22.1 Å². The number of rotatable bonds is 10. The van der Waals surface area contributed by atoms with E-state index in [1.54, 1.807) is 12.1 Å². The number of benzene rings is 3. The summed E-state index contributed by atoms with van der Waals surface area (Å²) in [5.41, 5.74) is 5.94. The zero-order valence-electron chi connectivity index (χ0n) is 23.1. The smallest absolute Gasteiger partial charge is 0.416 e. The molecule has 4 nitrogen and oxygen atoms in total. The van der Waals surface area contributed by atoms with E-state index in [2.05, 4.69) is 36.0 Å². The summed E-state index contributed by atoms with van der Waals surface area (Å²) >= 11 is 0. The van der Waals surface area contributed by atoms with Gasteiger partial charge in [0.05, 0.1) is 19.1 Å². The molecule has 3 aromatic carbocycles. The van der Waals surface area contributed by atoms with Crippen molar-refractivity contribution in [2.24, 2.45) is 5.92 Å². The molecule has 0 aromatic heterocycles. The largest absolute Gasteiger partial charge is 0.469 e. The molecule has 1 atom stereocenters. The molecule has 0 aliphatic carbocycles. The maximum absolute atomic E-state index is 13.0. The van der Waals surface area contributed by atoms with Crippen molar-refractivity contribution >= 4 is 11.9 Å². The van der Waals surface area contributed by atoms with E-state index < -0.39 is 11.7 Å². The van der Waals surface area contributed by atoms with Gasteiger partial charge >= 0.3 is 12.1 Å². The summed E-state index contributed by atoms with van der Waals surface area (Å²) in [7, 11) is 1.31. The fraction of sp³-hybridized carbons (Fsp3) is 0.375. The fourth-order valence-electron chi connectivity index (χ4n) is 5.03. The minimum atomic E-state index is -4.36. The molecule has 1 N–H and O–H groups in total. The number of ether oxygens (including phenoxy) is 1. The maximum Gasteiger partial charge on any atom is 0.416 e. The van der Waals surface area contributed by atoms with Crippen LogP contribution >= 0.6 is 0 Å². The second-order valence-electron chi connectivity index (χ2n) is 10.4. The quantitative estimate of drug-likeness (QED) is 0.269. The first kappa shape index (κ1) is 29.9. The first-order valence-electron chi connectivity index (χ1n) is 13.1. The van der Waals surface area contributed by atoms with Gasteiger partial charge in [0.15, 0.2) is 0 Å². The molecule has 7 heteroatoms. The van der Waals surface area contributed by atoms with Crippen LogP contribution in [0.2, 0.25) is 0 Å². The number of halogens is 3. The van der Waals surface area contributed by atoms with Gasteiger partial charge in [0, 0.05) is 12.1 Å². The molecule has 0 heterocycles. The van der Waals surface area contributed by atoms with Crippen molar-refractivity contribution in [3.8, 4) is 11.1 Å². The number of methoxy groups -OCH3 is 1. The van der Waals surface area contributed by atoms with Crippen LogP contribution in [0.5, 0.6) is 0 Å². The Balaban J connectivity index is 1.78. The molecule has 208 valence electrons. The fourth-order valence-corrected chi connectivity index (χ4v) is 5.03. The molecule has 0 saturated carbocycles. The van der Waals surface area contributed by atoms with Crippen molar-refractivity contribution in [3.05, 3.63) is 94.0 Å². The van der Waals surface area contributed by atoms with Crippen LogP contribution in [0.4, 0.5) is 13.2 Å². The number of carbonyl (C=O) groups excluding carboxylic acids is 2. The lowest BCUT2D eigenvalue weighted by Gasteiger charge is -2.22. The van der Waals surface area contributed by atoms with Crippen molar-refractivity contribution in [3.63, 3.8) is 0 Å². The Labute approximate surface area is 228 Å². The van der Waals surface area contributed by atoms with Crippen molar-refractivity contribution < 1.29 is 27.5 Å². The predicted molar refractivity (Wildman–Crippen MR) is 148 cm³/mol. The lowest BCUT2D eigenvalue weighted by Crippen LogP contribution is -2.26. The van der Waals surface area contributed by atoms with Gasteiger partial charge in [-0.3, -0.25) is 9.59 Å². The topological polar surface area (TPSA) is 55.4 Å². The number of carbonyl (C=O) groups is 2. The van der Waals surface area contributed by atoms with E-state index in [1.165, 1.54) is 19.2 Å². The zero-order valence-corrected chi connectivity index (χ0v) is 23.1. The Bertz CT molecular complexity index is 1260. The summed E-state index contributed by atoms with van der Waals surface area (Å²) in [5, 5.41) is 2.73.